The lowest BCUT2D eigenvalue weighted by molar-refractivity contribution is -0.135. The van der Waals surface area contributed by atoms with Crippen LogP contribution in [0.5, 0.6) is 5.75 Å². The number of likely N-dealkylation sites (tertiary alicyclic amines) is 1. The fourth-order valence-electron chi connectivity index (χ4n) is 1.94. The Morgan fingerprint density at radius 3 is 2.68 bits per heavy atom. The van der Waals surface area contributed by atoms with Gasteiger partial charge in [-0.2, -0.15) is 0 Å². The van der Waals surface area contributed by atoms with Crippen LogP contribution in [0.4, 0.5) is 8.78 Å². The van der Waals surface area contributed by atoms with E-state index in [1.54, 1.807) is 4.90 Å². The Hall–Kier alpha value is -1.69. The average molecular weight is 271 g/mol. The topological polar surface area (TPSA) is 49.8 Å². The molecule has 0 spiro atoms. The summed E-state index contributed by atoms with van der Waals surface area (Å²) >= 11 is 0. The summed E-state index contributed by atoms with van der Waals surface area (Å²) in [7, 11) is 0. The van der Waals surface area contributed by atoms with Gasteiger partial charge in [-0.05, 0) is 25.0 Å². The van der Waals surface area contributed by atoms with Crippen molar-refractivity contribution in [3.8, 4) is 5.75 Å². The van der Waals surface area contributed by atoms with Crippen molar-refractivity contribution < 1.29 is 23.4 Å². The van der Waals surface area contributed by atoms with E-state index in [9.17, 15) is 18.7 Å². The molecule has 6 heteroatoms. The second kappa shape index (κ2) is 5.97. The minimum atomic E-state index is -0.832. The first kappa shape index (κ1) is 13.7. The highest BCUT2D eigenvalue weighted by Crippen LogP contribution is 2.18. The number of piperidine rings is 1. The highest BCUT2D eigenvalue weighted by atomic mass is 19.1. The van der Waals surface area contributed by atoms with Crippen LogP contribution in [0.2, 0.25) is 0 Å². The summed E-state index contributed by atoms with van der Waals surface area (Å²) in [6, 6.07) is 2.93. The number of amides is 1. The lowest BCUT2D eigenvalue weighted by atomic mass is 10.1. The Bertz CT molecular complexity index is 459. The monoisotopic (exact) mass is 271 g/mol. The maximum atomic E-state index is 13.3. The third-order valence-corrected chi connectivity index (χ3v) is 3.06. The van der Waals surface area contributed by atoms with Gasteiger partial charge in [0.15, 0.2) is 18.2 Å². The predicted molar refractivity (Wildman–Crippen MR) is 63.7 cm³/mol. The van der Waals surface area contributed by atoms with Gasteiger partial charge in [0, 0.05) is 19.2 Å². The van der Waals surface area contributed by atoms with Crippen molar-refractivity contribution in [1.29, 1.82) is 0 Å². The van der Waals surface area contributed by atoms with Gasteiger partial charge in [0.2, 0.25) is 0 Å². The number of hydrogen-bond donors (Lipinski definition) is 1. The number of hydrogen-bond acceptors (Lipinski definition) is 3. The number of benzene rings is 1. The van der Waals surface area contributed by atoms with Gasteiger partial charge >= 0.3 is 0 Å². The molecule has 0 aromatic heterocycles. The van der Waals surface area contributed by atoms with Crippen LogP contribution in [-0.4, -0.2) is 41.7 Å². The molecule has 1 aliphatic heterocycles. The first-order valence-electron chi connectivity index (χ1n) is 6.10. The maximum absolute atomic E-state index is 13.3. The number of aliphatic hydroxyl groups is 1. The van der Waals surface area contributed by atoms with Crippen LogP contribution < -0.4 is 4.74 Å². The molecule has 0 bridgehead atoms. The van der Waals surface area contributed by atoms with Gasteiger partial charge in [-0.3, -0.25) is 4.79 Å². The SMILES string of the molecule is O=C(COc1ccc(F)cc1F)N1CCC(O)CC1. The van der Waals surface area contributed by atoms with Crippen LogP contribution in [0.15, 0.2) is 18.2 Å². The van der Waals surface area contributed by atoms with Crippen LogP contribution in [-0.2, 0) is 4.79 Å². The summed E-state index contributed by atoms with van der Waals surface area (Å²) < 4.78 is 31.0. The molecule has 0 saturated carbocycles. The summed E-state index contributed by atoms with van der Waals surface area (Å²) in [5.74, 6) is -1.94. The number of nitrogens with zero attached hydrogens (tertiary/aromatic N) is 1. The fourth-order valence-corrected chi connectivity index (χ4v) is 1.94. The number of rotatable bonds is 3. The first-order valence-corrected chi connectivity index (χ1v) is 6.10. The second-order valence-corrected chi connectivity index (χ2v) is 4.48. The van der Waals surface area contributed by atoms with Crippen molar-refractivity contribution in [2.75, 3.05) is 19.7 Å². The van der Waals surface area contributed by atoms with Gasteiger partial charge < -0.3 is 14.7 Å². The zero-order valence-corrected chi connectivity index (χ0v) is 10.3. The van der Waals surface area contributed by atoms with Crippen LogP contribution in [0.1, 0.15) is 12.8 Å². The van der Waals surface area contributed by atoms with Gasteiger partial charge in [-0.25, -0.2) is 8.78 Å². The normalized spacial score (nSPS) is 16.5. The van der Waals surface area contributed by atoms with Gasteiger partial charge in [-0.1, -0.05) is 0 Å². The third-order valence-electron chi connectivity index (χ3n) is 3.06. The summed E-state index contributed by atoms with van der Waals surface area (Å²) in [6.07, 6.45) is 0.715. The zero-order chi connectivity index (χ0) is 13.8. The molecule has 0 unspecified atom stereocenters. The van der Waals surface area contributed by atoms with E-state index >= 15 is 0 Å². The second-order valence-electron chi connectivity index (χ2n) is 4.48. The molecule has 1 fully saturated rings. The predicted octanol–water partition coefficient (Wildman–Crippen LogP) is 1.33. The molecule has 0 aliphatic carbocycles. The van der Waals surface area contributed by atoms with Crippen molar-refractivity contribution >= 4 is 5.91 Å². The molecule has 0 radical (unpaired) electrons. The van der Waals surface area contributed by atoms with E-state index in [0.29, 0.717) is 32.0 Å². The van der Waals surface area contributed by atoms with Gasteiger partial charge in [0.05, 0.1) is 6.10 Å². The molecule has 1 aromatic carbocycles. The molecule has 2 rings (SSSR count). The first-order chi connectivity index (χ1) is 9.06. The molecule has 1 N–H and O–H groups in total. The van der Waals surface area contributed by atoms with E-state index in [1.807, 2.05) is 0 Å². The third kappa shape index (κ3) is 3.64. The lowest BCUT2D eigenvalue weighted by Gasteiger charge is -2.29. The molecule has 4 nitrogen and oxygen atoms in total. The lowest BCUT2D eigenvalue weighted by Crippen LogP contribution is -2.42. The Morgan fingerprint density at radius 1 is 1.37 bits per heavy atom. The molecule has 1 aliphatic rings. The molecule has 0 atom stereocenters. The van der Waals surface area contributed by atoms with Gasteiger partial charge in [0.25, 0.3) is 5.91 Å². The highest BCUT2D eigenvalue weighted by molar-refractivity contribution is 5.77. The van der Waals surface area contributed by atoms with E-state index < -0.39 is 11.6 Å². The smallest absolute Gasteiger partial charge is 0.260 e. The fraction of sp³-hybridized carbons (Fsp3) is 0.462. The summed E-state index contributed by atoms with van der Waals surface area (Å²) in [6.45, 7) is 0.642. The molecule has 1 amide bonds. The van der Waals surface area contributed by atoms with E-state index in [4.69, 9.17) is 4.74 Å². The highest BCUT2D eigenvalue weighted by Gasteiger charge is 2.21. The molecule has 1 heterocycles. The Labute approximate surface area is 109 Å². The minimum Gasteiger partial charge on any atom is -0.481 e. The number of carbonyl (C=O) groups is 1. The van der Waals surface area contributed by atoms with Crippen molar-refractivity contribution in [3.05, 3.63) is 29.8 Å². The minimum absolute atomic E-state index is 0.146. The average Bonchev–Trinajstić information content (AvgIpc) is 2.38. The van der Waals surface area contributed by atoms with E-state index in [2.05, 4.69) is 0 Å². The summed E-state index contributed by atoms with van der Waals surface area (Å²) in [5.41, 5.74) is 0. The largest absolute Gasteiger partial charge is 0.481 e. The number of halogens is 2. The van der Waals surface area contributed by atoms with E-state index in [-0.39, 0.29) is 24.4 Å². The molecule has 104 valence electrons. The number of carbonyl (C=O) groups excluding carboxylic acids is 1. The molecule has 19 heavy (non-hydrogen) atoms. The van der Waals surface area contributed by atoms with Crippen LogP contribution >= 0.6 is 0 Å². The van der Waals surface area contributed by atoms with Crippen molar-refractivity contribution in [3.63, 3.8) is 0 Å². The maximum Gasteiger partial charge on any atom is 0.260 e. The number of aliphatic hydroxyl groups excluding tert-OH is 1. The van der Waals surface area contributed by atoms with Gasteiger partial charge in [0.1, 0.15) is 5.82 Å². The van der Waals surface area contributed by atoms with E-state index in [0.717, 1.165) is 12.1 Å². The summed E-state index contributed by atoms with van der Waals surface area (Å²) in [5, 5.41) is 9.32. The summed E-state index contributed by atoms with van der Waals surface area (Å²) in [4.78, 5) is 13.3. The molecular weight excluding hydrogens is 256 g/mol. The van der Waals surface area contributed by atoms with Crippen molar-refractivity contribution in [1.82, 2.24) is 4.90 Å². The Balaban J connectivity index is 1.86. The van der Waals surface area contributed by atoms with Crippen molar-refractivity contribution in [2.45, 2.75) is 18.9 Å². The quantitative estimate of drug-likeness (QED) is 0.902. The Morgan fingerprint density at radius 2 is 2.05 bits per heavy atom. The van der Waals surface area contributed by atoms with Gasteiger partial charge in [-0.15, -0.1) is 0 Å². The standard InChI is InChI=1S/C13H15F2NO3/c14-9-1-2-12(11(15)7-9)19-8-13(18)16-5-3-10(17)4-6-16/h1-2,7,10,17H,3-6,8H2. The van der Waals surface area contributed by atoms with Crippen molar-refractivity contribution in [2.24, 2.45) is 0 Å². The molecule has 1 aromatic rings. The molecule has 1 saturated heterocycles. The Kier molecular flexibility index (Phi) is 4.31. The van der Waals surface area contributed by atoms with Crippen LogP contribution in [0.25, 0.3) is 0 Å². The van der Waals surface area contributed by atoms with Crippen LogP contribution in [0, 0.1) is 11.6 Å². The zero-order valence-electron chi connectivity index (χ0n) is 10.3. The van der Waals surface area contributed by atoms with E-state index in [1.165, 1.54) is 0 Å². The molecular formula is C13H15F2NO3. The number of ether oxygens (including phenoxy) is 1. The van der Waals surface area contributed by atoms with Crippen LogP contribution in [0.3, 0.4) is 0 Å².